The van der Waals surface area contributed by atoms with Crippen molar-refractivity contribution in [2.45, 2.75) is 13.0 Å². The van der Waals surface area contributed by atoms with Crippen LogP contribution in [0.4, 0.5) is 5.69 Å². The number of para-hydroxylation sites is 1. The van der Waals surface area contributed by atoms with Crippen LogP contribution < -0.4 is 9.47 Å². The average Bonchev–Trinajstić information content (AvgIpc) is 3.37. The fraction of sp³-hybridized carbons (Fsp3) is 0.143. The fourth-order valence-electron chi connectivity index (χ4n) is 3.16. The normalized spacial score (nSPS) is 13.5. The van der Waals surface area contributed by atoms with Crippen molar-refractivity contribution in [3.8, 4) is 11.5 Å². The molecule has 4 rings (SSSR count). The number of rotatable bonds is 6. The second kappa shape index (κ2) is 7.70. The largest absolute Gasteiger partial charge is 0.454 e. The molecule has 1 atom stereocenters. The first-order valence-corrected chi connectivity index (χ1v) is 9.01. The van der Waals surface area contributed by atoms with Crippen LogP contribution in [0, 0.1) is 10.1 Å². The molecule has 1 N–H and O–H groups in total. The highest BCUT2D eigenvalue weighted by Crippen LogP contribution is 2.38. The third kappa shape index (κ3) is 3.60. The van der Waals surface area contributed by atoms with Crippen molar-refractivity contribution >= 4 is 34.4 Å². The van der Waals surface area contributed by atoms with Gasteiger partial charge in [-0.2, -0.15) is 0 Å². The van der Waals surface area contributed by atoms with Gasteiger partial charge in [-0.3, -0.25) is 14.9 Å². The van der Waals surface area contributed by atoms with E-state index < -0.39 is 17.0 Å². The molecule has 2 aromatic carbocycles. The highest BCUT2D eigenvalue weighted by atomic mass is 16.7. The van der Waals surface area contributed by atoms with Crippen LogP contribution in [0.25, 0.3) is 17.0 Å². The Morgan fingerprint density at radius 1 is 1.23 bits per heavy atom. The van der Waals surface area contributed by atoms with E-state index in [1.165, 1.54) is 25.1 Å². The van der Waals surface area contributed by atoms with Crippen LogP contribution >= 0.6 is 0 Å². The molecule has 2 heterocycles. The number of hydrogen-bond acceptors (Lipinski definition) is 7. The second-order valence-corrected chi connectivity index (χ2v) is 6.55. The number of carbonyl (C=O) groups excluding carboxylic acids is 2. The summed E-state index contributed by atoms with van der Waals surface area (Å²) in [4.78, 5) is 38.5. The van der Waals surface area contributed by atoms with Gasteiger partial charge in [0.25, 0.3) is 5.69 Å². The summed E-state index contributed by atoms with van der Waals surface area (Å²) < 4.78 is 15.5. The summed E-state index contributed by atoms with van der Waals surface area (Å²) >= 11 is 0. The maximum absolute atomic E-state index is 12.7. The highest BCUT2D eigenvalue weighted by Gasteiger charge is 2.23. The minimum Gasteiger partial charge on any atom is -0.454 e. The lowest BCUT2D eigenvalue weighted by Gasteiger charge is -2.10. The molecule has 9 heteroatoms. The van der Waals surface area contributed by atoms with Gasteiger partial charge in [0.05, 0.1) is 16.6 Å². The minimum absolute atomic E-state index is 0.0326. The van der Waals surface area contributed by atoms with E-state index in [4.69, 9.17) is 14.2 Å². The van der Waals surface area contributed by atoms with Gasteiger partial charge in [-0.15, -0.1) is 0 Å². The summed E-state index contributed by atoms with van der Waals surface area (Å²) in [7, 11) is 0. The van der Waals surface area contributed by atoms with Crippen molar-refractivity contribution in [2.75, 3.05) is 6.79 Å². The molecule has 0 bridgehead atoms. The van der Waals surface area contributed by atoms with Crippen LogP contribution in [0.15, 0.2) is 48.7 Å². The van der Waals surface area contributed by atoms with Crippen LogP contribution in [0.1, 0.15) is 22.8 Å². The van der Waals surface area contributed by atoms with Crippen molar-refractivity contribution in [3.63, 3.8) is 0 Å². The third-order valence-electron chi connectivity index (χ3n) is 4.63. The molecule has 3 aromatic rings. The number of fused-ring (bicyclic) bond motifs is 2. The fourth-order valence-corrected chi connectivity index (χ4v) is 3.16. The topological polar surface area (TPSA) is 121 Å². The summed E-state index contributed by atoms with van der Waals surface area (Å²) in [5.41, 5.74) is 1.12. The Kier molecular flexibility index (Phi) is 4.93. The first kappa shape index (κ1) is 19.2. The Bertz CT molecular complexity index is 1200. The average molecular weight is 408 g/mol. The van der Waals surface area contributed by atoms with E-state index in [0.29, 0.717) is 11.3 Å². The molecule has 0 fully saturated rings. The quantitative estimate of drug-likeness (QED) is 0.217. The third-order valence-corrected chi connectivity index (χ3v) is 4.63. The number of ketones is 1. The van der Waals surface area contributed by atoms with Crippen LogP contribution in [0.2, 0.25) is 0 Å². The highest BCUT2D eigenvalue weighted by molar-refractivity contribution is 6.10. The SMILES string of the molecule is C[C@@H](OC(=O)/C=C/c1cc2c(cc1[N+](=O)[O-])OCO2)C(=O)c1c[nH]c2ccccc12. The van der Waals surface area contributed by atoms with E-state index in [-0.39, 0.29) is 29.6 Å². The number of esters is 1. The molecule has 0 amide bonds. The maximum Gasteiger partial charge on any atom is 0.331 e. The molecule has 0 unspecified atom stereocenters. The number of H-pyrrole nitrogens is 1. The van der Waals surface area contributed by atoms with E-state index in [9.17, 15) is 19.7 Å². The van der Waals surface area contributed by atoms with Gasteiger partial charge in [0, 0.05) is 28.7 Å². The van der Waals surface area contributed by atoms with Gasteiger partial charge in [-0.05, 0) is 25.1 Å². The van der Waals surface area contributed by atoms with Crippen molar-refractivity contribution in [3.05, 3.63) is 69.9 Å². The van der Waals surface area contributed by atoms with E-state index in [2.05, 4.69) is 4.98 Å². The van der Waals surface area contributed by atoms with E-state index in [0.717, 1.165) is 17.0 Å². The number of aromatic nitrogens is 1. The molecular weight excluding hydrogens is 392 g/mol. The number of carbonyl (C=O) groups is 2. The number of benzene rings is 2. The zero-order valence-corrected chi connectivity index (χ0v) is 15.8. The molecule has 152 valence electrons. The van der Waals surface area contributed by atoms with Gasteiger partial charge < -0.3 is 19.2 Å². The van der Waals surface area contributed by atoms with Crippen molar-refractivity contribution in [2.24, 2.45) is 0 Å². The smallest absolute Gasteiger partial charge is 0.331 e. The van der Waals surface area contributed by atoms with Gasteiger partial charge in [-0.25, -0.2) is 4.79 Å². The monoisotopic (exact) mass is 408 g/mol. The maximum atomic E-state index is 12.7. The lowest BCUT2D eigenvalue weighted by molar-refractivity contribution is -0.385. The Morgan fingerprint density at radius 2 is 1.97 bits per heavy atom. The molecule has 1 aromatic heterocycles. The summed E-state index contributed by atoms with van der Waals surface area (Å²) in [6.45, 7) is 1.44. The predicted octanol–water partition coefficient (Wildman–Crippen LogP) is 3.63. The van der Waals surface area contributed by atoms with Crippen LogP contribution in [0.5, 0.6) is 11.5 Å². The van der Waals surface area contributed by atoms with Gasteiger partial charge in [0.2, 0.25) is 12.6 Å². The minimum atomic E-state index is -1.03. The van der Waals surface area contributed by atoms with E-state index in [1.54, 1.807) is 12.3 Å². The number of ether oxygens (including phenoxy) is 3. The summed E-state index contributed by atoms with van der Waals surface area (Å²) in [6, 6.07) is 9.93. The number of aromatic amines is 1. The standard InChI is InChI=1S/C21H16N2O7/c1-12(21(25)15-10-22-16-5-3-2-4-14(15)16)30-20(24)7-6-13-8-18-19(29-11-28-18)9-17(13)23(26)27/h2-10,12,22H,11H2,1H3/b7-6+/t12-/m1/s1. The van der Waals surface area contributed by atoms with E-state index in [1.807, 2.05) is 18.2 Å². The summed E-state index contributed by atoms with van der Waals surface area (Å²) in [6.07, 6.45) is 2.81. The number of hydrogen-bond donors (Lipinski definition) is 1. The van der Waals surface area contributed by atoms with Crippen molar-refractivity contribution in [1.29, 1.82) is 0 Å². The van der Waals surface area contributed by atoms with Gasteiger partial charge in [0.15, 0.2) is 17.6 Å². The number of nitro groups is 1. The number of nitrogens with one attached hydrogen (secondary N) is 1. The van der Waals surface area contributed by atoms with Crippen LogP contribution in [0.3, 0.4) is 0 Å². The van der Waals surface area contributed by atoms with Gasteiger partial charge >= 0.3 is 5.97 Å². The Hall–Kier alpha value is -4.14. The van der Waals surface area contributed by atoms with Crippen molar-refractivity contribution in [1.82, 2.24) is 4.98 Å². The Balaban J connectivity index is 1.49. The molecule has 0 saturated heterocycles. The Morgan fingerprint density at radius 3 is 2.73 bits per heavy atom. The molecule has 0 spiro atoms. The molecule has 30 heavy (non-hydrogen) atoms. The number of nitrogens with zero attached hydrogens (tertiary/aromatic N) is 1. The second-order valence-electron chi connectivity index (χ2n) is 6.55. The zero-order valence-electron chi connectivity index (χ0n) is 15.8. The predicted molar refractivity (Wildman–Crippen MR) is 106 cm³/mol. The first-order valence-electron chi connectivity index (χ1n) is 9.01. The lowest BCUT2D eigenvalue weighted by atomic mass is 10.1. The van der Waals surface area contributed by atoms with Crippen molar-refractivity contribution < 1.29 is 28.7 Å². The summed E-state index contributed by atoms with van der Waals surface area (Å²) in [5, 5.41) is 12.0. The summed E-state index contributed by atoms with van der Waals surface area (Å²) in [5.74, 6) is -0.554. The zero-order chi connectivity index (χ0) is 21.3. The number of Topliss-reactive ketones (excluding diaryl/α,β-unsaturated/α-hetero) is 1. The molecule has 1 aliphatic heterocycles. The Labute approximate surface area is 170 Å². The van der Waals surface area contributed by atoms with Crippen LogP contribution in [-0.2, 0) is 9.53 Å². The lowest BCUT2D eigenvalue weighted by Crippen LogP contribution is -2.23. The molecule has 0 aliphatic carbocycles. The van der Waals surface area contributed by atoms with Gasteiger partial charge in [-0.1, -0.05) is 18.2 Å². The molecule has 0 radical (unpaired) electrons. The first-order chi connectivity index (χ1) is 14.4. The molecule has 0 saturated carbocycles. The van der Waals surface area contributed by atoms with E-state index >= 15 is 0 Å². The molecule has 9 nitrogen and oxygen atoms in total. The van der Waals surface area contributed by atoms with Crippen LogP contribution in [-0.4, -0.2) is 34.6 Å². The molecular formula is C21H16N2O7. The number of nitro benzene ring substituents is 1. The molecule has 1 aliphatic rings. The van der Waals surface area contributed by atoms with Gasteiger partial charge in [0.1, 0.15) is 0 Å².